The maximum Gasteiger partial charge on any atom is 0.408 e. The third-order valence-corrected chi connectivity index (χ3v) is 11.0. The number of allylic oxidation sites excluding steroid dienone is 1. The van der Waals surface area contributed by atoms with Crippen LogP contribution in [-0.4, -0.2) is 68.9 Å². The summed E-state index contributed by atoms with van der Waals surface area (Å²) in [5.41, 5.74) is 2.53. The maximum absolute atomic E-state index is 14.4. The number of likely N-dealkylation sites (tertiary alicyclic amines) is 1. The SMILES string of the molecule is CC(C)(C)OC(=O)N[C@@H]1C(=O)N2C(C(=O)OC(c3ccccc3)c3ccccc3)=C(/C=C3\CCN(Cc4cc[n+](CC(=O)Nc5ccc(F)c(F)c5)cc4)C3=O)CS[C@H]12. The van der Waals surface area contributed by atoms with Gasteiger partial charge in [-0.05, 0) is 67.7 Å². The van der Waals surface area contributed by atoms with E-state index < -0.39 is 58.6 Å². The summed E-state index contributed by atoms with van der Waals surface area (Å²) in [7, 11) is 0. The van der Waals surface area contributed by atoms with Crippen molar-refractivity contribution in [2.45, 2.75) is 63.4 Å². The number of alkyl carbamates (subject to hydrolysis) is 1. The molecule has 2 N–H and O–H groups in total. The minimum atomic E-state index is -1.06. The average molecular weight is 823 g/mol. The van der Waals surface area contributed by atoms with Gasteiger partial charge in [0.15, 0.2) is 30.1 Å². The van der Waals surface area contributed by atoms with Crippen molar-refractivity contribution in [3.8, 4) is 0 Å². The van der Waals surface area contributed by atoms with Crippen LogP contribution in [0.4, 0.5) is 19.3 Å². The lowest BCUT2D eigenvalue weighted by Crippen LogP contribution is -2.70. The summed E-state index contributed by atoms with van der Waals surface area (Å²) in [6.45, 7) is 5.77. The van der Waals surface area contributed by atoms with Crippen LogP contribution >= 0.6 is 11.8 Å². The fraction of sp³-hybridized carbons (Fsp3) is 0.273. The van der Waals surface area contributed by atoms with E-state index in [9.17, 15) is 32.8 Å². The Kier molecular flexibility index (Phi) is 11.9. The summed E-state index contributed by atoms with van der Waals surface area (Å²) >= 11 is 1.36. The molecule has 15 heteroatoms. The number of amides is 4. The van der Waals surface area contributed by atoms with E-state index in [4.69, 9.17) is 9.47 Å². The van der Waals surface area contributed by atoms with Crippen molar-refractivity contribution in [3.05, 3.63) is 155 Å². The van der Waals surface area contributed by atoms with Gasteiger partial charge in [-0.3, -0.25) is 19.3 Å². The Morgan fingerprint density at radius 1 is 0.932 bits per heavy atom. The number of carbonyl (C=O) groups excluding carboxylic acids is 5. The van der Waals surface area contributed by atoms with Crippen LogP contribution in [0.3, 0.4) is 0 Å². The number of thioether (sulfide) groups is 1. The summed E-state index contributed by atoms with van der Waals surface area (Å²) in [6.07, 6.45) is 3.89. The molecule has 0 aliphatic carbocycles. The Bertz CT molecular complexity index is 2300. The fourth-order valence-electron chi connectivity index (χ4n) is 6.95. The van der Waals surface area contributed by atoms with Crippen molar-refractivity contribution in [3.63, 3.8) is 0 Å². The highest BCUT2D eigenvalue weighted by atomic mass is 32.2. The molecule has 1 aromatic heterocycles. The van der Waals surface area contributed by atoms with Crippen LogP contribution in [0.2, 0.25) is 0 Å². The second kappa shape index (κ2) is 17.2. The second-order valence-corrected chi connectivity index (χ2v) is 16.3. The molecule has 4 amide bonds. The quantitative estimate of drug-likeness (QED) is 0.0821. The Balaban J connectivity index is 1.09. The van der Waals surface area contributed by atoms with Crippen LogP contribution in [-0.2, 0) is 41.7 Å². The molecule has 2 fully saturated rings. The molecule has 12 nitrogen and oxygen atoms in total. The molecule has 7 rings (SSSR count). The Hall–Kier alpha value is -6.35. The van der Waals surface area contributed by atoms with Gasteiger partial charge in [-0.1, -0.05) is 60.7 Å². The Morgan fingerprint density at radius 3 is 2.22 bits per heavy atom. The fourth-order valence-corrected chi connectivity index (χ4v) is 8.25. The minimum Gasteiger partial charge on any atom is -0.448 e. The molecule has 0 saturated carbocycles. The van der Waals surface area contributed by atoms with E-state index in [1.54, 1.807) is 60.8 Å². The molecule has 0 unspecified atom stereocenters. The number of pyridine rings is 1. The molecular formula is C44H42F2N5O7S+. The van der Waals surface area contributed by atoms with Crippen molar-refractivity contribution >= 4 is 47.2 Å². The molecule has 3 aromatic carbocycles. The molecule has 2 saturated heterocycles. The zero-order valence-electron chi connectivity index (χ0n) is 32.5. The molecule has 304 valence electrons. The number of rotatable bonds is 11. The third-order valence-electron chi connectivity index (χ3n) is 9.72. The molecular weight excluding hydrogens is 781 g/mol. The predicted molar refractivity (Wildman–Crippen MR) is 214 cm³/mol. The van der Waals surface area contributed by atoms with E-state index in [0.29, 0.717) is 24.1 Å². The van der Waals surface area contributed by atoms with Gasteiger partial charge >= 0.3 is 12.1 Å². The second-order valence-electron chi connectivity index (χ2n) is 15.2. The number of nitrogens with zero attached hydrogens (tertiary/aromatic N) is 3. The molecule has 3 aliphatic heterocycles. The first-order valence-electron chi connectivity index (χ1n) is 18.9. The average Bonchev–Trinajstić information content (AvgIpc) is 3.55. The topological polar surface area (TPSA) is 138 Å². The number of hydrogen-bond acceptors (Lipinski definition) is 8. The monoisotopic (exact) mass is 822 g/mol. The van der Waals surface area contributed by atoms with E-state index in [1.165, 1.54) is 22.7 Å². The van der Waals surface area contributed by atoms with Crippen molar-refractivity contribution in [2.24, 2.45) is 0 Å². The van der Waals surface area contributed by atoms with Crippen LogP contribution in [0.1, 0.15) is 50.0 Å². The van der Waals surface area contributed by atoms with Gasteiger partial charge in [0.25, 0.3) is 11.8 Å². The van der Waals surface area contributed by atoms with Crippen LogP contribution < -0.4 is 15.2 Å². The molecule has 0 spiro atoms. The third kappa shape index (κ3) is 9.52. The van der Waals surface area contributed by atoms with Gasteiger partial charge in [0.2, 0.25) is 12.5 Å². The van der Waals surface area contributed by atoms with Gasteiger partial charge in [0.1, 0.15) is 22.7 Å². The number of esters is 1. The molecule has 0 bridgehead atoms. The van der Waals surface area contributed by atoms with E-state index in [0.717, 1.165) is 28.8 Å². The van der Waals surface area contributed by atoms with Gasteiger partial charge in [-0.25, -0.2) is 18.4 Å². The number of ether oxygens (including phenoxy) is 2. The lowest BCUT2D eigenvalue weighted by Gasteiger charge is -2.49. The van der Waals surface area contributed by atoms with E-state index >= 15 is 0 Å². The Morgan fingerprint density at radius 2 is 1.59 bits per heavy atom. The van der Waals surface area contributed by atoms with E-state index in [1.807, 2.05) is 60.7 Å². The number of hydrogen-bond donors (Lipinski definition) is 2. The van der Waals surface area contributed by atoms with Crippen LogP contribution in [0.15, 0.2) is 126 Å². The van der Waals surface area contributed by atoms with Crippen LogP contribution in [0, 0.1) is 11.6 Å². The van der Waals surface area contributed by atoms with Crippen molar-refractivity contribution in [1.82, 2.24) is 15.1 Å². The summed E-state index contributed by atoms with van der Waals surface area (Å²) in [5.74, 6) is -3.74. The van der Waals surface area contributed by atoms with E-state index in [-0.39, 0.29) is 36.1 Å². The highest BCUT2D eigenvalue weighted by Gasteiger charge is 2.55. The molecule has 4 heterocycles. The number of anilines is 1. The lowest BCUT2D eigenvalue weighted by molar-refractivity contribution is -0.684. The van der Waals surface area contributed by atoms with Gasteiger partial charge in [0.05, 0.1) is 0 Å². The number of halogens is 2. The lowest BCUT2D eigenvalue weighted by atomic mass is 10.00. The first-order chi connectivity index (χ1) is 28.2. The van der Waals surface area contributed by atoms with Crippen LogP contribution in [0.5, 0.6) is 0 Å². The van der Waals surface area contributed by atoms with Gasteiger partial charge in [-0.15, -0.1) is 11.8 Å². The van der Waals surface area contributed by atoms with Crippen LogP contribution in [0.25, 0.3) is 0 Å². The Labute approximate surface area is 343 Å². The molecule has 2 atom stereocenters. The molecule has 59 heavy (non-hydrogen) atoms. The largest absolute Gasteiger partial charge is 0.448 e. The number of benzene rings is 3. The van der Waals surface area contributed by atoms with E-state index in [2.05, 4.69) is 10.6 Å². The number of aromatic nitrogens is 1. The number of fused-ring (bicyclic) bond motifs is 1. The predicted octanol–water partition coefficient (Wildman–Crippen LogP) is 5.95. The number of carbonyl (C=O) groups is 5. The first kappa shape index (κ1) is 40.8. The smallest absolute Gasteiger partial charge is 0.408 e. The highest BCUT2D eigenvalue weighted by molar-refractivity contribution is 8.00. The zero-order valence-corrected chi connectivity index (χ0v) is 33.3. The van der Waals surface area contributed by atoms with Crippen molar-refractivity contribution < 1.29 is 46.8 Å². The highest BCUT2D eigenvalue weighted by Crippen LogP contribution is 2.43. The standard InChI is InChI=1S/C44H41F2N5O7S/c1-44(2,3)58-43(56)48-36-40(54)51-37(42(55)57-38(28-10-6-4-7-11-28)29-12-8-5-9-13-29)31(26-59-41(36)51)22-30-18-21-50(39(30)53)24-27-16-19-49(20-17-27)25-35(52)47-32-14-15-33(45)34(46)23-32/h4-17,19-20,22-23,36,38,41H,18,21,24-26H2,1-3H3,(H-,47,48,52,56)/p+1/b30-22+/t36-,41-/m1/s1. The summed E-state index contributed by atoms with van der Waals surface area (Å²) in [4.78, 5) is 70.2. The zero-order chi connectivity index (χ0) is 41.8. The molecule has 3 aliphatic rings. The van der Waals surface area contributed by atoms with Gasteiger partial charge in [0, 0.05) is 48.3 Å². The summed E-state index contributed by atoms with van der Waals surface area (Å²) in [6, 6.07) is 24.3. The minimum absolute atomic E-state index is 0.0119. The molecule has 0 radical (unpaired) electrons. The van der Waals surface area contributed by atoms with Gasteiger partial charge in [-0.2, -0.15) is 4.57 Å². The van der Waals surface area contributed by atoms with Crippen molar-refractivity contribution in [2.75, 3.05) is 17.6 Å². The number of β-lactam (4-membered cyclic amide) rings is 1. The van der Waals surface area contributed by atoms with Crippen molar-refractivity contribution in [1.29, 1.82) is 0 Å². The maximum atomic E-state index is 14.4. The summed E-state index contributed by atoms with van der Waals surface area (Å²) < 4.78 is 40.1. The normalized spacial score (nSPS) is 18.4. The first-order valence-corrected chi connectivity index (χ1v) is 20.0. The van der Waals surface area contributed by atoms with Gasteiger partial charge < -0.3 is 25.0 Å². The number of nitrogens with one attached hydrogen (secondary N) is 2. The summed E-state index contributed by atoms with van der Waals surface area (Å²) in [5, 5.41) is 4.58. The molecule has 4 aromatic rings.